The third kappa shape index (κ3) is 4.08. The molecule has 15 heavy (non-hydrogen) atoms. The third-order valence-electron chi connectivity index (χ3n) is 1.92. The lowest BCUT2D eigenvalue weighted by molar-refractivity contribution is 0.102. The first kappa shape index (κ1) is 12.3. The molecule has 0 radical (unpaired) electrons. The monoisotopic (exact) mass is 226 g/mol. The standard InChI is InChI=1S/C11H18N2OS/c1-5-13-7-9(6-12-13)10(14)8-15-11(2,3)4/h6-7H,5,8H2,1-4H3. The van der Waals surface area contributed by atoms with Crippen LogP contribution in [-0.2, 0) is 6.54 Å². The average Bonchev–Trinajstić information content (AvgIpc) is 2.61. The van der Waals surface area contributed by atoms with Gasteiger partial charge in [-0.1, -0.05) is 20.8 Å². The second-order valence-electron chi connectivity index (χ2n) is 4.41. The molecule has 0 aliphatic carbocycles. The first-order valence-corrected chi connectivity index (χ1v) is 6.10. The molecule has 0 bridgehead atoms. The van der Waals surface area contributed by atoms with Crippen LogP contribution in [0.25, 0.3) is 0 Å². The molecule has 1 aromatic heterocycles. The highest BCUT2D eigenvalue weighted by atomic mass is 32.2. The van der Waals surface area contributed by atoms with E-state index in [9.17, 15) is 4.79 Å². The summed E-state index contributed by atoms with van der Waals surface area (Å²) in [6.07, 6.45) is 3.46. The number of Topliss-reactive ketones (excluding diaryl/α,β-unsaturated/α-hetero) is 1. The van der Waals surface area contributed by atoms with Crippen LogP contribution in [0.2, 0.25) is 0 Å². The van der Waals surface area contributed by atoms with Gasteiger partial charge >= 0.3 is 0 Å². The van der Waals surface area contributed by atoms with Crippen LogP contribution in [-0.4, -0.2) is 26.1 Å². The van der Waals surface area contributed by atoms with Crippen LogP contribution < -0.4 is 0 Å². The molecule has 0 spiro atoms. The Morgan fingerprint density at radius 1 is 1.53 bits per heavy atom. The van der Waals surface area contributed by atoms with Gasteiger partial charge in [-0.05, 0) is 6.92 Å². The molecule has 3 nitrogen and oxygen atoms in total. The van der Waals surface area contributed by atoms with Crippen molar-refractivity contribution in [1.29, 1.82) is 0 Å². The number of aryl methyl sites for hydroxylation is 1. The van der Waals surface area contributed by atoms with Crippen LogP contribution in [0, 0.1) is 0 Å². The van der Waals surface area contributed by atoms with Crippen molar-refractivity contribution in [3.05, 3.63) is 18.0 Å². The largest absolute Gasteiger partial charge is 0.293 e. The summed E-state index contributed by atoms with van der Waals surface area (Å²) in [5, 5.41) is 4.09. The topological polar surface area (TPSA) is 34.9 Å². The maximum absolute atomic E-state index is 11.7. The van der Waals surface area contributed by atoms with Crippen molar-refractivity contribution < 1.29 is 4.79 Å². The second-order valence-corrected chi connectivity index (χ2v) is 6.21. The van der Waals surface area contributed by atoms with E-state index in [1.807, 2.05) is 13.1 Å². The highest BCUT2D eigenvalue weighted by Crippen LogP contribution is 2.23. The molecule has 4 heteroatoms. The van der Waals surface area contributed by atoms with E-state index in [-0.39, 0.29) is 10.5 Å². The lowest BCUT2D eigenvalue weighted by Crippen LogP contribution is -2.12. The molecule has 0 aromatic carbocycles. The van der Waals surface area contributed by atoms with E-state index in [4.69, 9.17) is 0 Å². The minimum atomic E-state index is 0.135. The Morgan fingerprint density at radius 3 is 2.67 bits per heavy atom. The summed E-state index contributed by atoms with van der Waals surface area (Å²) in [6.45, 7) is 9.14. The van der Waals surface area contributed by atoms with Gasteiger partial charge in [0.05, 0.1) is 17.5 Å². The lowest BCUT2D eigenvalue weighted by atomic mass is 10.2. The lowest BCUT2D eigenvalue weighted by Gasteiger charge is -2.16. The Labute approximate surface area is 95.2 Å². The summed E-state index contributed by atoms with van der Waals surface area (Å²) in [5.41, 5.74) is 0.716. The maximum atomic E-state index is 11.7. The quantitative estimate of drug-likeness (QED) is 0.740. The summed E-state index contributed by atoms with van der Waals surface area (Å²) < 4.78 is 1.91. The minimum absolute atomic E-state index is 0.135. The molecule has 0 atom stereocenters. The fourth-order valence-corrected chi connectivity index (χ4v) is 1.78. The number of carbonyl (C=O) groups excluding carboxylic acids is 1. The van der Waals surface area contributed by atoms with Crippen molar-refractivity contribution in [3.8, 4) is 0 Å². The first-order valence-electron chi connectivity index (χ1n) is 5.12. The predicted molar refractivity (Wildman–Crippen MR) is 64.4 cm³/mol. The van der Waals surface area contributed by atoms with Crippen molar-refractivity contribution >= 4 is 17.5 Å². The molecule has 1 heterocycles. The molecule has 0 saturated carbocycles. The summed E-state index contributed by atoms with van der Waals surface area (Å²) in [4.78, 5) is 11.7. The Morgan fingerprint density at radius 2 is 2.20 bits per heavy atom. The molecule has 0 fully saturated rings. The van der Waals surface area contributed by atoms with Gasteiger partial charge in [0.25, 0.3) is 0 Å². The Bertz CT molecular complexity index is 339. The number of nitrogens with zero attached hydrogens (tertiary/aromatic N) is 2. The van der Waals surface area contributed by atoms with Gasteiger partial charge in [-0.2, -0.15) is 5.10 Å². The number of carbonyl (C=O) groups is 1. The molecule has 1 aromatic rings. The highest BCUT2D eigenvalue weighted by Gasteiger charge is 2.15. The third-order valence-corrected chi connectivity index (χ3v) is 3.19. The fourth-order valence-electron chi connectivity index (χ4n) is 1.05. The predicted octanol–water partition coefficient (Wildman–Crippen LogP) is 2.62. The normalized spacial score (nSPS) is 11.7. The van der Waals surface area contributed by atoms with Gasteiger partial charge in [-0.25, -0.2) is 0 Å². The average molecular weight is 226 g/mol. The van der Waals surface area contributed by atoms with Crippen LogP contribution in [0.5, 0.6) is 0 Å². The van der Waals surface area contributed by atoms with Gasteiger partial charge in [-0.3, -0.25) is 9.48 Å². The number of rotatable bonds is 4. The number of hydrogen-bond acceptors (Lipinski definition) is 3. The van der Waals surface area contributed by atoms with E-state index < -0.39 is 0 Å². The zero-order valence-corrected chi connectivity index (χ0v) is 10.6. The Hall–Kier alpha value is -0.770. The van der Waals surface area contributed by atoms with Crippen molar-refractivity contribution in [1.82, 2.24) is 9.78 Å². The summed E-state index contributed by atoms with van der Waals surface area (Å²) in [6, 6.07) is 0. The first-order chi connectivity index (χ1) is 6.92. The molecule has 0 saturated heterocycles. The van der Waals surface area contributed by atoms with E-state index in [2.05, 4.69) is 25.9 Å². The molecule has 0 N–H and O–H groups in total. The van der Waals surface area contributed by atoms with Crippen molar-refractivity contribution in [2.24, 2.45) is 0 Å². The molecule has 0 amide bonds. The fraction of sp³-hybridized carbons (Fsp3) is 0.636. The van der Waals surface area contributed by atoms with E-state index in [1.54, 1.807) is 22.6 Å². The summed E-state index contributed by atoms with van der Waals surface area (Å²) in [5.74, 6) is 0.688. The molecule has 0 aliphatic rings. The maximum Gasteiger partial charge on any atom is 0.175 e. The molecule has 0 aliphatic heterocycles. The molecular weight excluding hydrogens is 208 g/mol. The van der Waals surface area contributed by atoms with E-state index in [0.717, 1.165) is 6.54 Å². The van der Waals surface area contributed by atoms with Gasteiger partial charge in [-0.15, -0.1) is 11.8 Å². The van der Waals surface area contributed by atoms with E-state index in [1.165, 1.54) is 0 Å². The van der Waals surface area contributed by atoms with Crippen LogP contribution in [0.3, 0.4) is 0 Å². The van der Waals surface area contributed by atoms with Gasteiger partial charge in [0, 0.05) is 17.5 Å². The van der Waals surface area contributed by atoms with E-state index in [0.29, 0.717) is 11.3 Å². The van der Waals surface area contributed by atoms with Crippen molar-refractivity contribution in [2.45, 2.75) is 39.0 Å². The molecule has 0 unspecified atom stereocenters. The Kier molecular flexibility index (Phi) is 3.97. The number of aromatic nitrogens is 2. The minimum Gasteiger partial charge on any atom is -0.293 e. The molecule has 1 rings (SSSR count). The number of ketones is 1. The highest BCUT2D eigenvalue weighted by molar-refractivity contribution is 8.01. The smallest absolute Gasteiger partial charge is 0.175 e. The Balaban J connectivity index is 2.54. The molecular formula is C11H18N2OS. The summed E-state index contributed by atoms with van der Waals surface area (Å²) in [7, 11) is 0. The van der Waals surface area contributed by atoms with Crippen molar-refractivity contribution in [3.63, 3.8) is 0 Å². The van der Waals surface area contributed by atoms with Gasteiger partial charge < -0.3 is 0 Å². The van der Waals surface area contributed by atoms with Crippen LogP contribution in [0.1, 0.15) is 38.1 Å². The number of hydrogen-bond donors (Lipinski definition) is 0. The zero-order valence-electron chi connectivity index (χ0n) is 9.78. The second kappa shape index (κ2) is 4.84. The van der Waals surface area contributed by atoms with Crippen LogP contribution >= 0.6 is 11.8 Å². The number of thioether (sulfide) groups is 1. The zero-order chi connectivity index (χ0) is 11.5. The van der Waals surface area contributed by atoms with Gasteiger partial charge in [0.1, 0.15) is 0 Å². The van der Waals surface area contributed by atoms with Crippen LogP contribution in [0.15, 0.2) is 12.4 Å². The summed E-state index contributed by atoms with van der Waals surface area (Å²) >= 11 is 1.67. The SMILES string of the molecule is CCn1cc(C(=O)CSC(C)(C)C)cn1. The van der Waals surface area contributed by atoms with Crippen molar-refractivity contribution in [2.75, 3.05) is 5.75 Å². The van der Waals surface area contributed by atoms with Crippen LogP contribution in [0.4, 0.5) is 0 Å². The van der Waals surface area contributed by atoms with E-state index >= 15 is 0 Å². The molecule has 84 valence electrons. The van der Waals surface area contributed by atoms with Gasteiger partial charge in [0.15, 0.2) is 5.78 Å². The van der Waals surface area contributed by atoms with Gasteiger partial charge in [0.2, 0.25) is 0 Å².